The fraction of sp³-hybridized carbons (Fsp3) is 0.435. The van der Waals surface area contributed by atoms with Crippen molar-refractivity contribution in [1.82, 2.24) is 40.1 Å². The van der Waals surface area contributed by atoms with Crippen molar-refractivity contribution in [2.24, 2.45) is 0 Å². The summed E-state index contributed by atoms with van der Waals surface area (Å²) in [5.74, 6) is 0.0117. The van der Waals surface area contributed by atoms with E-state index in [4.69, 9.17) is 43.6 Å². The third-order valence-electron chi connectivity index (χ3n) is 15.2. The molecule has 11 rings (SSSR count). The number of ether oxygens (including phenoxy) is 6. The molecule has 3 atom stereocenters. The maximum Gasteiger partial charge on any atom is 1.00 e. The van der Waals surface area contributed by atoms with Crippen molar-refractivity contribution in [1.29, 1.82) is 5.26 Å². The SMILES string of the molecule is C1CCNC1.CC(=O)OOC(C)=O.COCCOc1ncc2c(n1)N(C(C)c1ccc(C#N)cc1)C(=O)C2.COCCOc1ncc2c(n1)N(C(C)c1ccc(C=O)cc1)C(=O)C2.COCCOc1ncc2c(n1)N(C(C)c1ccc(CN3CCCC3)cc1)C(=O)C2.O=CO.[B-]OC(C)=O.[Na+]. The number of hydrogen-bond acceptors (Lipinski definition) is 26. The molecule has 101 heavy (non-hydrogen) atoms. The van der Waals surface area contributed by atoms with E-state index >= 15 is 0 Å². The van der Waals surface area contributed by atoms with Crippen molar-refractivity contribution in [2.45, 2.75) is 111 Å². The molecule has 30 nitrogen and oxygen atoms in total. The molecule has 32 heteroatoms. The molecule has 6 aromatic rings. The van der Waals surface area contributed by atoms with Gasteiger partial charge in [0.05, 0.1) is 68.8 Å². The van der Waals surface area contributed by atoms with Crippen LogP contribution in [0.3, 0.4) is 0 Å². The zero-order valence-electron chi connectivity index (χ0n) is 58.7. The maximum absolute atomic E-state index is 12.7. The molecule has 2 N–H and O–H groups in total. The summed E-state index contributed by atoms with van der Waals surface area (Å²) < 4.78 is 34.9. The number of hydrogen-bond donors (Lipinski definition) is 2. The van der Waals surface area contributed by atoms with Crippen molar-refractivity contribution in [3.05, 3.63) is 141 Å². The Morgan fingerprint density at radius 1 is 0.564 bits per heavy atom. The average Bonchev–Trinajstić information content (AvgIpc) is 1.67. The number of fused-ring (bicyclic) bond motifs is 3. The molecule has 0 aliphatic carbocycles. The number of aldehydes is 1. The molecular weight excluding hydrogens is 1320 g/mol. The van der Waals surface area contributed by atoms with Crippen molar-refractivity contribution >= 4 is 73.9 Å². The van der Waals surface area contributed by atoms with E-state index in [2.05, 4.69) is 92.9 Å². The Labute approximate surface area is 610 Å². The number of carbonyl (C=O) groups is 8. The third kappa shape index (κ3) is 27.2. The Hall–Kier alpha value is -9.39. The van der Waals surface area contributed by atoms with Gasteiger partial charge in [-0.05, 0) is 107 Å². The fourth-order valence-corrected chi connectivity index (χ4v) is 10.3. The van der Waals surface area contributed by atoms with Crippen LogP contribution in [0.4, 0.5) is 17.5 Å². The Balaban J connectivity index is 0.000000280. The number of nitriles is 1. The second kappa shape index (κ2) is 45.4. The van der Waals surface area contributed by atoms with E-state index in [-0.39, 0.29) is 103 Å². The maximum atomic E-state index is 12.7. The minimum atomic E-state index is -0.639. The van der Waals surface area contributed by atoms with Crippen molar-refractivity contribution < 1.29 is 116 Å². The third-order valence-corrected chi connectivity index (χ3v) is 15.2. The molecule has 2 fully saturated rings. The van der Waals surface area contributed by atoms with Crippen LogP contribution in [0.2, 0.25) is 0 Å². The first-order chi connectivity index (χ1) is 48.2. The van der Waals surface area contributed by atoms with Gasteiger partial charge < -0.3 is 51.5 Å². The van der Waals surface area contributed by atoms with Crippen LogP contribution in [-0.4, -0.2) is 183 Å². The number of likely N-dealkylation sites (tertiary alicyclic amines) is 1. The van der Waals surface area contributed by atoms with E-state index in [0.717, 1.165) is 60.1 Å². The van der Waals surface area contributed by atoms with E-state index in [1.165, 1.54) is 64.3 Å². The Bertz CT molecular complexity index is 3640. The normalized spacial score (nSPS) is 14.3. The standard InChI is InChI=1S/C22H28N4O3.C18H18N4O3.C18H19N3O4.C4H9N.C4H6O4.C2H3BO2.CH2O2.Na/c1-16(18-7-5-17(6-8-18)15-25-9-3-4-10-25)26-20(27)13-19-14-23-22(24-21(19)26)29-12-11-28-2;1-12(14-5-3-13(10-19)4-6-14)22-16(23)9-15-11-20-18(21-17(15)22)25-8-7-24-2;1-12(14-5-3-13(11-22)4-6-14)21-16(23)9-15-10-19-18(20-17(15)21)25-8-7-24-2;1-2-4-5-3-1;1-3(5)7-8-4(2)6;1-2(4)5-3;2-1-3;/h5-8,14,16H,3-4,9-13,15H2,1-2H3;3-6,11-12H,7-9H2,1-2H3;3-6,10-12H,7-9H2,1-2H3;5H,1-4H2;1-2H3;1H3;1H,(H,2,3);/q;;;;;-1;;+1. The van der Waals surface area contributed by atoms with E-state index in [1.54, 1.807) is 78.9 Å². The first-order valence-corrected chi connectivity index (χ1v) is 32.0. The smallest absolute Gasteiger partial charge is 0.793 e. The molecule has 2 saturated heterocycles. The predicted octanol–water partition coefficient (Wildman–Crippen LogP) is 3.47. The summed E-state index contributed by atoms with van der Waals surface area (Å²) in [6, 6.07) is 25.2. The molecule has 0 spiro atoms. The summed E-state index contributed by atoms with van der Waals surface area (Å²) in [6.45, 7) is 17.4. The predicted molar refractivity (Wildman–Crippen MR) is 363 cm³/mol. The average molecular weight is 1400 g/mol. The number of methoxy groups -OCH3 is 3. The second-order valence-corrected chi connectivity index (χ2v) is 22.4. The zero-order valence-corrected chi connectivity index (χ0v) is 60.7. The van der Waals surface area contributed by atoms with Crippen LogP contribution in [0.25, 0.3) is 0 Å². The van der Waals surface area contributed by atoms with Crippen molar-refractivity contribution in [2.75, 3.05) is 102 Å². The summed E-state index contributed by atoms with van der Waals surface area (Å²) in [5, 5.41) is 19.0. The minimum absolute atomic E-state index is 0. The number of nitrogens with one attached hydrogen (secondary N) is 1. The van der Waals surface area contributed by atoms with Gasteiger partial charge in [0, 0.05) is 89.5 Å². The van der Waals surface area contributed by atoms with Crippen LogP contribution in [0, 0.1) is 11.3 Å². The summed E-state index contributed by atoms with van der Waals surface area (Å²) in [6.07, 6.45) is 12.0. The fourth-order valence-electron chi connectivity index (χ4n) is 10.3. The molecule has 5 aliphatic heterocycles. The molecular formula is C69H85BN12NaO18. The molecule has 3 unspecified atom stereocenters. The van der Waals surface area contributed by atoms with Crippen molar-refractivity contribution in [3.8, 4) is 24.1 Å². The van der Waals surface area contributed by atoms with E-state index in [0.29, 0.717) is 74.6 Å². The second-order valence-electron chi connectivity index (χ2n) is 22.4. The van der Waals surface area contributed by atoms with E-state index < -0.39 is 17.9 Å². The van der Waals surface area contributed by atoms with Crippen LogP contribution < -0.4 is 63.8 Å². The Kier molecular flexibility index (Phi) is 37.8. The topological polar surface area (TPSA) is 366 Å². The first-order valence-electron chi connectivity index (χ1n) is 32.0. The quantitative estimate of drug-likeness (QED) is 0.0342. The number of rotatable bonds is 21. The molecule has 3 amide bonds. The van der Waals surface area contributed by atoms with Gasteiger partial charge in [-0.2, -0.15) is 20.2 Å². The number of anilines is 3. The number of carboxylic acid groups (broad SMARTS) is 1. The van der Waals surface area contributed by atoms with Gasteiger partial charge in [0.1, 0.15) is 43.6 Å². The molecule has 533 valence electrons. The van der Waals surface area contributed by atoms with Gasteiger partial charge in [-0.1, -0.05) is 60.7 Å². The Morgan fingerprint density at radius 2 is 0.901 bits per heavy atom. The van der Waals surface area contributed by atoms with E-state index in [1.807, 2.05) is 45.0 Å². The van der Waals surface area contributed by atoms with Crippen molar-refractivity contribution in [3.63, 3.8) is 0 Å². The van der Waals surface area contributed by atoms with Crippen LogP contribution >= 0.6 is 0 Å². The van der Waals surface area contributed by atoms with Gasteiger partial charge in [0.25, 0.3) is 6.47 Å². The van der Waals surface area contributed by atoms with Gasteiger partial charge in [-0.15, -0.1) is 0 Å². The molecule has 5 aliphatic rings. The number of nitrogens with zero attached hydrogens (tertiary/aromatic N) is 11. The molecule has 3 radical (unpaired) electrons. The van der Waals surface area contributed by atoms with Gasteiger partial charge in [-0.25, -0.2) is 34.3 Å². The number of aromatic nitrogens is 6. The molecule has 0 saturated carbocycles. The van der Waals surface area contributed by atoms with Crippen LogP contribution in [0.1, 0.15) is 140 Å². The summed E-state index contributed by atoms with van der Waals surface area (Å²) in [4.78, 5) is 127. The summed E-state index contributed by atoms with van der Waals surface area (Å²) >= 11 is 0. The Morgan fingerprint density at radius 3 is 1.19 bits per heavy atom. The van der Waals surface area contributed by atoms with Gasteiger partial charge in [-0.3, -0.25) is 48.4 Å². The van der Waals surface area contributed by atoms with Gasteiger partial charge in [0.15, 0.2) is 0 Å². The monoisotopic (exact) mass is 1400 g/mol. The van der Waals surface area contributed by atoms with Gasteiger partial charge in [0.2, 0.25) is 23.7 Å². The van der Waals surface area contributed by atoms with Crippen LogP contribution in [-0.2, 0) is 88.0 Å². The van der Waals surface area contributed by atoms with Crippen LogP contribution in [0.15, 0.2) is 91.4 Å². The minimum Gasteiger partial charge on any atom is -0.793 e. The molecule has 3 aromatic carbocycles. The molecule has 0 bridgehead atoms. The van der Waals surface area contributed by atoms with E-state index in [9.17, 15) is 33.6 Å². The molecule has 8 heterocycles. The van der Waals surface area contributed by atoms with Gasteiger partial charge >= 0.3 is 59.5 Å². The molecule has 3 aromatic heterocycles. The zero-order chi connectivity index (χ0) is 72.9. The summed E-state index contributed by atoms with van der Waals surface area (Å²) in [7, 11) is 9.12. The number of carbonyl (C=O) groups excluding carboxylic acids is 7. The number of amides is 3. The number of benzene rings is 3. The van der Waals surface area contributed by atoms with Crippen LogP contribution in [0.5, 0.6) is 18.0 Å². The largest absolute Gasteiger partial charge is 1.00 e. The summed E-state index contributed by atoms with van der Waals surface area (Å²) in [5.41, 5.74) is 7.84. The first kappa shape index (κ1) is 84.0.